The lowest BCUT2D eigenvalue weighted by Gasteiger charge is -2.31. The number of nitrogens with zero attached hydrogens (tertiary/aromatic N) is 3. The van der Waals surface area contributed by atoms with Gasteiger partial charge in [-0.25, -0.2) is 0 Å². The number of rotatable bonds is 4. The predicted molar refractivity (Wildman–Crippen MR) is 138 cm³/mol. The molecule has 172 valence electrons. The van der Waals surface area contributed by atoms with Crippen LogP contribution < -0.4 is 4.90 Å². The average Bonchev–Trinajstić information content (AvgIpc) is 3.07. The molecule has 1 aliphatic rings. The van der Waals surface area contributed by atoms with E-state index in [4.69, 9.17) is 16.6 Å². The van der Waals surface area contributed by atoms with Gasteiger partial charge in [0, 0.05) is 18.1 Å². The third-order valence-electron chi connectivity index (χ3n) is 5.99. The van der Waals surface area contributed by atoms with Crippen LogP contribution >= 0.6 is 11.6 Å². The van der Waals surface area contributed by atoms with Crippen LogP contribution in [0.15, 0.2) is 108 Å². The number of carbonyl (C=O) groups is 1. The van der Waals surface area contributed by atoms with Crippen LogP contribution in [0, 0.1) is 10.1 Å². The smallest absolute Gasteiger partial charge is 0.288 e. The molecule has 0 saturated carbocycles. The fourth-order valence-electron chi connectivity index (χ4n) is 4.33. The van der Waals surface area contributed by atoms with Crippen molar-refractivity contribution in [3.05, 3.63) is 135 Å². The maximum atomic E-state index is 14.0. The third kappa shape index (κ3) is 4.44. The fraction of sp³-hybridized carbons (Fsp3) is 0.0714. The van der Waals surface area contributed by atoms with Crippen LogP contribution in [0.25, 0.3) is 0 Å². The maximum absolute atomic E-state index is 14.0. The van der Waals surface area contributed by atoms with E-state index in [0.717, 1.165) is 16.8 Å². The zero-order valence-corrected chi connectivity index (χ0v) is 19.3. The van der Waals surface area contributed by atoms with Crippen molar-refractivity contribution in [2.45, 2.75) is 12.5 Å². The second kappa shape index (κ2) is 9.52. The number of hydrogen-bond acceptors (Lipinski definition) is 4. The van der Waals surface area contributed by atoms with Gasteiger partial charge in [-0.1, -0.05) is 84.4 Å². The van der Waals surface area contributed by atoms with Crippen LogP contribution in [-0.2, 0) is 0 Å². The van der Waals surface area contributed by atoms with Gasteiger partial charge in [-0.3, -0.25) is 24.8 Å². The molecular formula is C28H20ClN3O3. The first-order valence-corrected chi connectivity index (χ1v) is 11.4. The number of carbonyl (C=O) groups excluding carboxylic acids is 1. The molecule has 6 nitrogen and oxygen atoms in total. The molecule has 4 aromatic carbocycles. The van der Waals surface area contributed by atoms with Gasteiger partial charge in [0.1, 0.15) is 5.02 Å². The Kier molecular flexibility index (Phi) is 6.12. The van der Waals surface area contributed by atoms with E-state index in [-0.39, 0.29) is 28.2 Å². The quantitative estimate of drug-likeness (QED) is 0.229. The molecule has 1 heterocycles. The number of halogens is 1. The van der Waals surface area contributed by atoms with Gasteiger partial charge < -0.3 is 0 Å². The number of nitro groups is 1. The molecule has 7 heteroatoms. The van der Waals surface area contributed by atoms with Crippen LogP contribution in [0.1, 0.15) is 33.9 Å². The Hall–Kier alpha value is -4.29. The molecule has 1 unspecified atom stereocenters. The number of fused-ring (bicyclic) bond motifs is 1. The van der Waals surface area contributed by atoms with Gasteiger partial charge in [-0.05, 0) is 35.4 Å². The molecule has 0 saturated heterocycles. The minimum Gasteiger partial charge on any atom is -0.298 e. The number of hydrogen-bond donors (Lipinski definition) is 0. The van der Waals surface area contributed by atoms with Crippen LogP contribution in [0.5, 0.6) is 0 Å². The highest BCUT2D eigenvalue weighted by Gasteiger charge is 2.33. The lowest BCUT2D eigenvalue weighted by atomic mass is 9.95. The normalized spacial score (nSPS) is 15.1. The summed E-state index contributed by atoms with van der Waals surface area (Å²) in [6, 6.07) is 30.8. The SMILES string of the molecule is O=C(c1ccc(Cl)c([N+](=O)[O-])c1)N1c2ccccc2N=C(c2ccccc2)CC1c1ccccc1. The van der Waals surface area contributed by atoms with Gasteiger partial charge in [0.25, 0.3) is 11.6 Å². The first-order chi connectivity index (χ1) is 17.0. The molecule has 0 N–H and O–H groups in total. The Bertz CT molecular complexity index is 1440. The molecule has 0 aliphatic carbocycles. The van der Waals surface area contributed by atoms with Gasteiger partial charge in [-0.15, -0.1) is 0 Å². The van der Waals surface area contributed by atoms with Crippen molar-refractivity contribution < 1.29 is 9.72 Å². The standard InChI is InChI=1S/C28H20ClN3O3/c29-22-16-15-21(17-27(22)32(34)35)28(33)31-25-14-8-7-13-23(25)30-24(19-9-3-1-4-10-19)18-26(31)20-11-5-2-6-12-20/h1-17,26H,18H2. The number of aliphatic imine (C=N–C) groups is 1. The predicted octanol–water partition coefficient (Wildman–Crippen LogP) is 7.16. The minimum atomic E-state index is -0.583. The van der Waals surface area contributed by atoms with E-state index in [1.54, 1.807) is 4.90 Å². The van der Waals surface area contributed by atoms with Gasteiger partial charge in [-0.2, -0.15) is 0 Å². The number of anilines is 1. The van der Waals surface area contributed by atoms with Crippen LogP contribution in [-0.4, -0.2) is 16.5 Å². The fourth-order valence-corrected chi connectivity index (χ4v) is 4.51. The molecule has 0 radical (unpaired) electrons. The highest BCUT2D eigenvalue weighted by atomic mass is 35.5. The van der Waals surface area contributed by atoms with E-state index in [1.807, 2.05) is 84.9 Å². The summed E-state index contributed by atoms with van der Waals surface area (Å²) in [7, 11) is 0. The molecule has 4 aromatic rings. The van der Waals surface area contributed by atoms with Crippen LogP contribution in [0.3, 0.4) is 0 Å². The van der Waals surface area contributed by atoms with Gasteiger partial charge >= 0.3 is 0 Å². The first-order valence-electron chi connectivity index (χ1n) is 11.1. The summed E-state index contributed by atoms with van der Waals surface area (Å²) in [6.45, 7) is 0. The monoisotopic (exact) mass is 481 g/mol. The summed E-state index contributed by atoms with van der Waals surface area (Å²) >= 11 is 6.02. The summed E-state index contributed by atoms with van der Waals surface area (Å²) in [4.78, 5) is 31.6. The lowest BCUT2D eigenvalue weighted by Crippen LogP contribution is -2.35. The van der Waals surface area contributed by atoms with Crippen molar-refractivity contribution in [2.24, 2.45) is 4.99 Å². The summed E-state index contributed by atoms with van der Waals surface area (Å²) < 4.78 is 0. The van der Waals surface area contributed by atoms with E-state index < -0.39 is 4.92 Å². The zero-order chi connectivity index (χ0) is 24.4. The van der Waals surface area contributed by atoms with Crippen molar-refractivity contribution >= 4 is 40.3 Å². The summed E-state index contributed by atoms with van der Waals surface area (Å²) in [5.41, 5.74) is 3.92. The van der Waals surface area contributed by atoms with Crippen LogP contribution in [0.4, 0.5) is 17.1 Å². The first kappa shape index (κ1) is 22.5. The third-order valence-corrected chi connectivity index (χ3v) is 6.31. The largest absolute Gasteiger partial charge is 0.298 e. The second-order valence-electron chi connectivity index (χ2n) is 8.14. The molecular weight excluding hydrogens is 462 g/mol. The Balaban J connectivity index is 1.69. The minimum absolute atomic E-state index is 0.0166. The molecule has 0 bridgehead atoms. The number of nitro benzene ring substituents is 1. The molecule has 0 fully saturated rings. The molecule has 1 atom stereocenters. The summed E-state index contributed by atoms with van der Waals surface area (Å²) in [5.74, 6) is -0.365. The van der Waals surface area contributed by atoms with Crippen molar-refractivity contribution in [3.63, 3.8) is 0 Å². The average molecular weight is 482 g/mol. The van der Waals surface area contributed by atoms with E-state index >= 15 is 0 Å². The van der Waals surface area contributed by atoms with E-state index in [9.17, 15) is 14.9 Å². The molecule has 0 aromatic heterocycles. The summed E-state index contributed by atoms with van der Waals surface area (Å²) in [6.07, 6.45) is 0.462. The lowest BCUT2D eigenvalue weighted by molar-refractivity contribution is -0.384. The number of benzene rings is 4. The van der Waals surface area contributed by atoms with Crippen molar-refractivity contribution in [3.8, 4) is 0 Å². The second-order valence-corrected chi connectivity index (χ2v) is 8.55. The molecule has 35 heavy (non-hydrogen) atoms. The van der Waals surface area contributed by atoms with Crippen molar-refractivity contribution in [1.82, 2.24) is 0 Å². The zero-order valence-electron chi connectivity index (χ0n) is 18.5. The Morgan fingerprint density at radius 1 is 0.914 bits per heavy atom. The van der Waals surface area contributed by atoms with Gasteiger partial charge in [0.05, 0.1) is 28.1 Å². The molecule has 0 spiro atoms. The highest BCUT2D eigenvalue weighted by molar-refractivity contribution is 6.32. The Morgan fingerprint density at radius 3 is 2.29 bits per heavy atom. The van der Waals surface area contributed by atoms with E-state index in [2.05, 4.69) is 0 Å². The number of amides is 1. The number of para-hydroxylation sites is 2. The van der Waals surface area contributed by atoms with Crippen LogP contribution in [0.2, 0.25) is 5.02 Å². The van der Waals surface area contributed by atoms with Gasteiger partial charge in [0.15, 0.2) is 0 Å². The summed E-state index contributed by atoms with van der Waals surface area (Å²) in [5, 5.41) is 11.5. The highest BCUT2D eigenvalue weighted by Crippen LogP contribution is 2.42. The Labute approximate surface area is 207 Å². The Morgan fingerprint density at radius 2 is 1.57 bits per heavy atom. The molecule has 1 amide bonds. The molecule has 1 aliphatic heterocycles. The van der Waals surface area contributed by atoms with E-state index in [0.29, 0.717) is 17.8 Å². The molecule has 5 rings (SSSR count). The van der Waals surface area contributed by atoms with E-state index in [1.165, 1.54) is 18.2 Å². The van der Waals surface area contributed by atoms with Crippen molar-refractivity contribution in [2.75, 3.05) is 4.90 Å². The topological polar surface area (TPSA) is 75.8 Å². The van der Waals surface area contributed by atoms with Crippen molar-refractivity contribution in [1.29, 1.82) is 0 Å². The maximum Gasteiger partial charge on any atom is 0.288 e. The van der Waals surface area contributed by atoms with Gasteiger partial charge in [0.2, 0.25) is 0 Å².